The maximum atomic E-state index is 14.6. The molecule has 2 heterocycles. The van der Waals surface area contributed by atoms with E-state index in [4.69, 9.17) is 11.5 Å². The second-order valence-corrected chi connectivity index (χ2v) is 7.36. The van der Waals surface area contributed by atoms with Gasteiger partial charge in [0.15, 0.2) is 11.6 Å². The van der Waals surface area contributed by atoms with E-state index in [1.165, 1.54) is 0 Å². The van der Waals surface area contributed by atoms with E-state index < -0.39 is 11.7 Å². The van der Waals surface area contributed by atoms with Crippen LogP contribution in [-0.2, 0) is 6.54 Å². The molecule has 0 saturated heterocycles. The molecule has 6 N–H and O–H groups in total. The summed E-state index contributed by atoms with van der Waals surface area (Å²) < 4.78 is 16.5. The molecule has 8 nitrogen and oxygen atoms in total. The summed E-state index contributed by atoms with van der Waals surface area (Å²) in [6.07, 6.45) is 3.45. The fourth-order valence-electron chi connectivity index (χ4n) is 3.35. The fraction of sp³-hybridized carbons (Fsp3) is 0.381. The van der Waals surface area contributed by atoms with Gasteiger partial charge in [-0.2, -0.15) is 5.10 Å². The normalized spacial score (nSPS) is 13.2. The van der Waals surface area contributed by atoms with Crippen LogP contribution in [0.5, 0.6) is 0 Å². The Labute approximate surface area is 174 Å². The van der Waals surface area contributed by atoms with E-state index in [9.17, 15) is 9.18 Å². The van der Waals surface area contributed by atoms with Gasteiger partial charge in [0, 0.05) is 29.7 Å². The fourth-order valence-corrected chi connectivity index (χ4v) is 3.35. The van der Waals surface area contributed by atoms with Crippen molar-refractivity contribution in [1.29, 1.82) is 0 Å². The molecule has 1 amide bonds. The van der Waals surface area contributed by atoms with Gasteiger partial charge in [0.1, 0.15) is 5.82 Å². The molecule has 2 aromatic heterocycles. The Bertz CT molecular complexity index is 1050. The average molecular weight is 414 g/mol. The summed E-state index contributed by atoms with van der Waals surface area (Å²) in [5.74, 6) is -1.24. The number of nitrogens with one attached hydrogen (secondary N) is 2. The number of carbonyl (C=O) groups excluding carboxylic acids is 1. The summed E-state index contributed by atoms with van der Waals surface area (Å²) >= 11 is 0. The summed E-state index contributed by atoms with van der Waals surface area (Å²) in [5, 5.41) is 11.4. The lowest BCUT2D eigenvalue weighted by Crippen LogP contribution is -2.38. The van der Waals surface area contributed by atoms with Gasteiger partial charge in [0.25, 0.3) is 5.91 Å². The summed E-state index contributed by atoms with van der Waals surface area (Å²) in [5.41, 5.74) is 13.1. The minimum Gasteiger partial charge on any atom is -0.365 e. The molecule has 1 aromatic carbocycles. The summed E-state index contributed by atoms with van der Waals surface area (Å²) in [7, 11) is 0. The summed E-state index contributed by atoms with van der Waals surface area (Å²) in [6, 6.07) is 6.41. The lowest BCUT2D eigenvalue weighted by atomic mass is 10.1. The monoisotopic (exact) mass is 413 g/mol. The van der Waals surface area contributed by atoms with Crippen molar-refractivity contribution in [3.05, 3.63) is 41.8 Å². The molecule has 3 aromatic rings. The van der Waals surface area contributed by atoms with E-state index >= 15 is 0 Å². The van der Waals surface area contributed by atoms with Crippen LogP contribution in [0.2, 0.25) is 0 Å². The molecule has 0 fully saturated rings. The summed E-state index contributed by atoms with van der Waals surface area (Å²) in [4.78, 5) is 16.2. The predicted molar refractivity (Wildman–Crippen MR) is 117 cm³/mol. The number of aromatic nitrogens is 3. The number of fused-ring (bicyclic) bond motifs is 1. The number of benzene rings is 1. The first-order chi connectivity index (χ1) is 14.3. The molecule has 0 saturated carbocycles. The van der Waals surface area contributed by atoms with Crippen molar-refractivity contribution in [3.63, 3.8) is 0 Å². The van der Waals surface area contributed by atoms with Crippen LogP contribution < -0.4 is 22.1 Å². The van der Waals surface area contributed by atoms with Crippen LogP contribution in [0.4, 0.5) is 21.7 Å². The zero-order valence-corrected chi connectivity index (χ0v) is 17.4. The van der Waals surface area contributed by atoms with Crippen LogP contribution >= 0.6 is 0 Å². The molecule has 0 spiro atoms. The second-order valence-electron chi connectivity index (χ2n) is 7.36. The third-order valence-electron chi connectivity index (χ3n) is 4.98. The first kappa shape index (κ1) is 21.5. The molecule has 160 valence electrons. The molecule has 0 aliphatic carbocycles. The molecular weight excluding hydrogens is 385 g/mol. The number of pyridine rings is 1. The second kappa shape index (κ2) is 9.08. The molecule has 0 bridgehead atoms. The number of hydrogen-bond acceptors (Lipinski definition) is 6. The highest BCUT2D eigenvalue weighted by atomic mass is 19.1. The number of hydrogen-bond donors (Lipinski definition) is 4. The molecule has 30 heavy (non-hydrogen) atoms. The van der Waals surface area contributed by atoms with Crippen LogP contribution in [0, 0.1) is 5.82 Å². The van der Waals surface area contributed by atoms with E-state index in [1.807, 2.05) is 36.7 Å². The third kappa shape index (κ3) is 4.51. The van der Waals surface area contributed by atoms with Crippen LogP contribution in [0.3, 0.4) is 0 Å². The quantitative estimate of drug-likeness (QED) is 0.426. The van der Waals surface area contributed by atoms with Crippen LogP contribution in [0.15, 0.2) is 30.5 Å². The Morgan fingerprint density at radius 3 is 2.67 bits per heavy atom. The van der Waals surface area contributed by atoms with Gasteiger partial charge in [0.2, 0.25) is 0 Å². The molecule has 9 heteroatoms. The molecule has 0 aliphatic rings. The van der Waals surface area contributed by atoms with Gasteiger partial charge in [-0.3, -0.25) is 9.48 Å². The Hall–Kier alpha value is -3.20. The molecule has 0 aliphatic heterocycles. The number of amides is 1. The minimum absolute atomic E-state index is 0.0171. The predicted octanol–water partition coefficient (Wildman–Crippen LogP) is 3.36. The number of nitrogens with zero attached hydrogens (tertiary/aromatic N) is 3. The van der Waals surface area contributed by atoms with Crippen molar-refractivity contribution in [2.75, 3.05) is 10.6 Å². The Balaban J connectivity index is 1.96. The molecule has 3 rings (SSSR count). The summed E-state index contributed by atoms with van der Waals surface area (Å²) in [6.45, 7) is 6.71. The highest BCUT2D eigenvalue weighted by molar-refractivity contribution is 5.99. The zero-order chi connectivity index (χ0) is 21.8. The number of primary amides is 1. The minimum atomic E-state index is -0.772. The third-order valence-corrected chi connectivity index (χ3v) is 4.98. The molecule has 0 radical (unpaired) electrons. The van der Waals surface area contributed by atoms with Gasteiger partial charge in [-0.1, -0.05) is 13.8 Å². The standard InChI is InChI=1S/C21H28FN7O/c1-4-8-29-18-7-6-14(9-13(18)11-25-29)26-20-15(19(24)30)10-16(22)21(28-20)27-17(5-2)12(3)23/h6-7,9-12,17H,4-5,8,23H2,1-3H3,(H2,24,30)(H2,26,27,28)/t12-,17+/m0/s1. The van der Waals surface area contributed by atoms with Crippen LogP contribution in [-0.4, -0.2) is 32.8 Å². The lowest BCUT2D eigenvalue weighted by Gasteiger charge is -2.22. The zero-order valence-electron chi connectivity index (χ0n) is 17.4. The first-order valence-electron chi connectivity index (χ1n) is 10.1. The molecular formula is C21H28FN7O. The van der Waals surface area contributed by atoms with Crippen molar-refractivity contribution in [2.45, 2.75) is 52.2 Å². The van der Waals surface area contributed by atoms with Gasteiger partial charge >= 0.3 is 0 Å². The molecule has 0 unspecified atom stereocenters. The number of nitrogens with two attached hydrogens (primary N) is 2. The Morgan fingerprint density at radius 1 is 1.27 bits per heavy atom. The topological polar surface area (TPSA) is 124 Å². The SMILES string of the molecule is CCCn1ncc2cc(Nc3nc(N[C@H](CC)[C@H](C)N)c(F)cc3C(N)=O)ccc21. The van der Waals surface area contributed by atoms with Gasteiger partial charge in [-0.15, -0.1) is 0 Å². The van der Waals surface area contributed by atoms with Crippen molar-refractivity contribution in [3.8, 4) is 0 Å². The van der Waals surface area contributed by atoms with Gasteiger partial charge < -0.3 is 22.1 Å². The van der Waals surface area contributed by atoms with E-state index in [0.717, 1.165) is 29.9 Å². The van der Waals surface area contributed by atoms with E-state index in [2.05, 4.69) is 27.6 Å². The number of carbonyl (C=O) groups is 1. The van der Waals surface area contributed by atoms with Crippen molar-refractivity contribution < 1.29 is 9.18 Å². The average Bonchev–Trinajstić information content (AvgIpc) is 3.10. The Morgan fingerprint density at radius 2 is 2.03 bits per heavy atom. The van der Waals surface area contributed by atoms with Gasteiger partial charge in [0.05, 0.1) is 17.3 Å². The van der Waals surface area contributed by atoms with E-state index in [0.29, 0.717) is 12.1 Å². The van der Waals surface area contributed by atoms with Crippen molar-refractivity contribution >= 4 is 34.1 Å². The Kier molecular flexibility index (Phi) is 6.51. The highest BCUT2D eigenvalue weighted by Crippen LogP contribution is 2.27. The number of rotatable bonds is 9. The van der Waals surface area contributed by atoms with Gasteiger partial charge in [-0.25, -0.2) is 9.37 Å². The van der Waals surface area contributed by atoms with Crippen molar-refractivity contribution in [2.24, 2.45) is 11.5 Å². The largest absolute Gasteiger partial charge is 0.365 e. The van der Waals surface area contributed by atoms with Crippen molar-refractivity contribution in [1.82, 2.24) is 14.8 Å². The smallest absolute Gasteiger partial charge is 0.252 e. The lowest BCUT2D eigenvalue weighted by molar-refractivity contribution is 0.100. The van der Waals surface area contributed by atoms with Gasteiger partial charge in [-0.05, 0) is 44.0 Å². The van der Waals surface area contributed by atoms with E-state index in [1.54, 1.807) is 6.20 Å². The number of halogens is 1. The highest BCUT2D eigenvalue weighted by Gasteiger charge is 2.19. The van der Waals surface area contributed by atoms with Crippen LogP contribution in [0.1, 0.15) is 44.0 Å². The maximum Gasteiger partial charge on any atom is 0.252 e. The van der Waals surface area contributed by atoms with Crippen LogP contribution in [0.25, 0.3) is 10.9 Å². The first-order valence-corrected chi connectivity index (χ1v) is 10.1. The number of anilines is 3. The maximum absolute atomic E-state index is 14.6. The molecule has 2 atom stereocenters. The number of aryl methyl sites for hydroxylation is 1. The van der Waals surface area contributed by atoms with E-state index in [-0.39, 0.29) is 29.3 Å².